The Bertz CT molecular complexity index is 896. The molecule has 1 aliphatic rings. The minimum Gasteiger partial charge on any atom is -0.358 e. The smallest absolute Gasteiger partial charge is 0.254 e. The van der Waals surface area contributed by atoms with E-state index in [0.29, 0.717) is 6.54 Å². The van der Waals surface area contributed by atoms with Gasteiger partial charge in [-0.2, -0.15) is 0 Å². The molecule has 4 rings (SSSR count). The van der Waals surface area contributed by atoms with E-state index in [1.165, 1.54) is 11.3 Å². The monoisotopic (exact) mass is 324 g/mol. The van der Waals surface area contributed by atoms with Crippen LogP contribution in [0, 0.1) is 6.92 Å². The predicted molar refractivity (Wildman–Crippen MR) is 92.9 cm³/mol. The van der Waals surface area contributed by atoms with E-state index in [9.17, 15) is 4.79 Å². The molecule has 0 spiro atoms. The Morgan fingerprint density at radius 1 is 1.17 bits per heavy atom. The molecule has 1 N–H and O–H groups in total. The zero-order valence-electron chi connectivity index (χ0n) is 12.9. The highest BCUT2D eigenvalue weighted by atomic mass is 35.5. The second-order valence-electron chi connectivity index (χ2n) is 6.11. The van der Waals surface area contributed by atoms with Crippen LogP contribution in [0.5, 0.6) is 0 Å². The maximum absolute atomic E-state index is 12.7. The molecule has 1 amide bonds. The number of H-pyrrole nitrogens is 1. The lowest BCUT2D eigenvalue weighted by Gasteiger charge is -2.27. The minimum absolute atomic E-state index is 0.0963. The van der Waals surface area contributed by atoms with Crippen molar-refractivity contribution in [3.63, 3.8) is 0 Å². The van der Waals surface area contributed by atoms with Gasteiger partial charge in [-0.05, 0) is 31.2 Å². The predicted octanol–water partition coefficient (Wildman–Crippen LogP) is 4.33. The van der Waals surface area contributed by atoms with E-state index in [2.05, 4.69) is 4.98 Å². The van der Waals surface area contributed by atoms with Crippen LogP contribution in [0.2, 0.25) is 5.02 Å². The van der Waals surface area contributed by atoms with Crippen molar-refractivity contribution in [2.24, 2.45) is 0 Å². The van der Waals surface area contributed by atoms with Crippen molar-refractivity contribution in [2.75, 3.05) is 6.54 Å². The van der Waals surface area contributed by atoms with E-state index in [0.717, 1.165) is 40.0 Å². The molecule has 0 radical (unpaired) electrons. The quantitative estimate of drug-likeness (QED) is 0.710. The molecule has 0 saturated heterocycles. The van der Waals surface area contributed by atoms with E-state index < -0.39 is 0 Å². The Morgan fingerprint density at radius 2 is 1.96 bits per heavy atom. The molecule has 1 aliphatic heterocycles. The van der Waals surface area contributed by atoms with Gasteiger partial charge in [0.2, 0.25) is 0 Å². The first-order valence-electron chi connectivity index (χ1n) is 7.77. The summed E-state index contributed by atoms with van der Waals surface area (Å²) in [6, 6.07) is 13.7. The number of hydrogen-bond acceptors (Lipinski definition) is 1. The van der Waals surface area contributed by atoms with E-state index in [4.69, 9.17) is 11.6 Å². The molecule has 1 aromatic heterocycles. The molecular weight excluding hydrogens is 308 g/mol. The number of amides is 1. The maximum atomic E-state index is 12.7. The first kappa shape index (κ1) is 14.3. The molecule has 0 bridgehead atoms. The molecule has 0 atom stereocenters. The fourth-order valence-corrected chi connectivity index (χ4v) is 3.42. The number of hydrogen-bond donors (Lipinski definition) is 1. The highest BCUT2D eigenvalue weighted by Gasteiger charge is 2.24. The average Bonchev–Trinajstić information content (AvgIpc) is 2.91. The molecule has 3 aromatic rings. The summed E-state index contributed by atoms with van der Waals surface area (Å²) in [6.45, 7) is 3.41. The standard InChI is InChI=1S/C19H17ClN2O/c1-12-2-4-13(5-3-12)19(23)22-9-8-17-16(11-22)15-7-6-14(20)10-18(15)21-17/h2-7,10,21H,8-9,11H2,1H3. The number of fused-ring (bicyclic) bond motifs is 3. The summed E-state index contributed by atoms with van der Waals surface area (Å²) < 4.78 is 0. The van der Waals surface area contributed by atoms with Crippen LogP contribution >= 0.6 is 11.6 Å². The van der Waals surface area contributed by atoms with E-state index in [1.807, 2.05) is 54.3 Å². The van der Waals surface area contributed by atoms with Gasteiger partial charge in [0, 0.05) is 52.3 Å². The van der Waals surface area contributed by atoms with Crippen LogP contribution in [0.15, 0.2) is 42.5 Å². The van der Waals surface area contributed by atoms with Crippen LogP contribution in [0.4, 0.5) is 0 Å². The fourth-order valence-electron chi connectivity index (χ4n) is 3.25. The number of aromatic amines is 1. The summed E-state index contributed by atoms with van der Waals surface area (Å²) in [7, 11) is 0. The van der Waals surface area contributed by atoms with Gasteiger partial charge in [-0.1, -0.05) is 35.4 Å². The van der Waals surface area contributed by atoms with E-state index in [1.54, 1.807) is 0 Å². The van der Waals surface area contributed by atoms with Crippen LogP contribution in [0.25, 0.3) is 10.9 Å². The fraction of sp³-hybridized carbons (Fsp3) is 0.211. The van der Waals surface area contributed by atoms with Crippen LogP contribution in [-0.4, -0.2) is 22.3 Å². The molecule has 23 heavy (non-hydrogen) atoms. The van der Waals surface area contributed by atoms with Gasteiger partial charge >= 0.3 is 0 Å². The highest BCUT2D eigenvalue weighted by molar-refractivity contribution is 6.31. The number of aromatic nitrogens is 1. The van der Waals surface area contributed by atoms with Gasteiger partial charge in [0.25, 0.3) is 5.91 Å². The number of aryl methyl sites for hydroxylation is 1. The van der Waals surface area contributed by atoms with Crippen molar-refractivity contribution in [3.05, 3.63) is 69.9 Å². The summed E-state index contributed by atoms with van der Waals surface area (Å²) in [6.07, 6.45) is 0.846. The number of carbonyl (C=O) groups excluding carboxylic acids is 1. The van der Waals surface area contributed by atoms with Gasteiger partial charge in [-0.3, -0.25) is 4.79 Å². The zero-order valence-corrected chi connectivity index (χ0v) is 13.7. The Hall–Kier alpha value is -2.26. The van der Waals surface area contributed by atoms with Gasteiger partial charge in [-0.15, -0.1) is 0 Å². The molecule has 2 aromatic carbocycles. The van der Waals surface area contributed by atoms with Crippen molar-refractivity contribution >= 4 is 28.4 Å². The average molecular weight is 325 g/mol. The number of rotatable bonds is 1. The topological polar surface area (TPSA) is 36.1 Å². The van der Waals surface area contributed by atoms with Crippen LogP contribution in [0.3, 0.4) is 0 Å². The molecule has 0 aliphatic carbocycles. The van der Waals surface area contributed by atoms with Crippen molar-refractivity contribution in [1.82, 2.24) is 9.88 Å². The summed E-state index contributed by atoms with van der Waals surface area (Å²) in [4.78, 5) is 18.1. The molecule has 4 heteroatoms. The van der Waals surface area contributed by atoms with Crippen molar-refractivity contribution in [2.45, 2.75) is 19.9 Å². The van der Waals surface area contributed by atoms with Crippen molar-refractivity contribution in [1.29, 1.82) is 0 Å². The number of nitrogens with one attached hydrogen (secondary N) is 1. The molecule has 3 nitrogen and oxygen atoms in total. The largest absolute Gasteiger partial charge is 0.358 e. The third-order valence-corrected chi connectivity index (χ3v) is 4.76. The lowest BCUT2D eigenvalue weighted by atomic mass is 10.0. The molecule has 116 valence electrons. The van der Waals surface area contributed by atoms with Gasteiger partial charge < -0.3 is 9.88 Å². The third-order valence-electron chi connectivity index (χ3n) is 4.52. The number of carbonyl (C=O) groups is 1. The van der Waals surface area contributed by atoms with Gasteiger partial charge in [-0.25, -0.2) is 0 Å². The van der Waals surface area contributed by atoms with Crippen LogP contribution in [0.1, 0.15) is 27.2 Å². The molecule has 0 saturated carbocycles. The SMILES string of the molecule is Cc1ccc(C(=O)N2CCc3[nH]c4cc(Cl)ccc4c3C2)cc1. The first-order chi connectivity index (χ1) is 11.1. The van der Waals surface area contributed by atoms with E-state index >= 15 is 0 Å². The number of nitrogens with zero attached hydrogens (tertiary/aromatic N) is 1. The van der Waals surface area contributed by atoms with Crippen LogP contribution < -0.4 is 0 Å². The molecule has 0 unspecified atom stereocenters. The Labute approximate surface area is 139 Å². The Balaban J connectivity index is 1.66. The summed E-state index contributed by atoms with van der Waals surface area (Å²) in [5, 5.41) is 1.88. The zero-order chi connectivity index (χ0) is 16.0. The lowest BCUT2D eigenvalue weighted by molar-refractivity contribution is 0.0735. The second kappa shape index (κ2) is 5.43. The van der Waals surface area contributed by atoms with Gasteiger partial charge in [0.1, 0.15) is 0 Å². The van der Waals surface area contributed by atoms with Gasteiger partial charge in [0.15, 0.2) is 0 Å². The lowest BCUT2D eigenvalue weighted by Crippen LogP contribution is -2.35. The summed E-state index contributed by atoms with van der Waals surface area (Å²) >= 11 is 6.07. The molecular formula is C19H17ClN2O. The van der Waals surface area contributed by atoms with Gasteiger partial charge in [0.05, 0.1) is 0 Å². The first-order valence-corrected chi connectivity index (χ1v) is 8.14. The molecule has 0 fully saturated rings. The van der Waals surface area contributed by atoms with Crippen LogP contribution in [-0.2, 0) is 13.0 Å². The van der Waals surface area contributed by atoms with E-state index in [-0.39, 0.29) is 5.91 Å². The highest BCUT2D eigenvalue weighted by Crippen LogP contribution is 2.30. The Morgan fingerprint density at radius 3 is 2.74 bits per heavy atom. The van der Waals surface area contributed by atoms with Crippen molar-refractivity contribution < 1.29 is 4.79 Å². The molecule has 2 heterocycles. The third kappa shape index (κ3) is 2.51. The Kier molecular flexibility index (Phi) is 3.38. The number of benzene rings is 2. The number of halogens is 1. The maximum Gasteiger partial charge on any atom is 0.254 e. The summed E-state index contributed by atoms with van der Waals surface area (Å²) in [5.41, 5.74) is 5.39. The van der Waals surface area contributed by atoms with Crippen molar-refractivity contribution in [3.8, 4) is 0 Å². The normalized spacial score (nSPS) is 14.1. The second-order valence-corrected chi connectivity index (χ2v) is 6.55. The summed E-state index contributed by atoms with van der Waals surface area (Å²) in [5.74, 6) is 0.0963. The minimum atomic E-state index is 0.0963.